The average Bonchev–Trinajstić information content (AvgIpc) is 3.09. The fourth-order valence-electron chi connectivity index (χ4n) is 2.37. The minimum absolute atomic E-state index is 0.0544. The van der Waals surface area contributed by atoms with Crippen LogP contribution in [-0.4, -0.2) is 39.5 Å². The maximum absolute atomic E-state index is 12.4. The highest BCUT2D eigenvalue weighted by atomic mass is 16.4. The molecule has 2 N–H and O–H groups in total. The molecule has 0 aliphatic carbocycles. The summed E-state index contributed by atoms with van der Waals surface area (Å²) in [6, 6.07) is 10.2. The van der Waals surface area contributed by atoms with Gasteiger partial charge in [0.25, 0.3) is 5.91 Å². The molecular weight excluding hydrogens is 310 g/mol. The second kappa shape index (κ2) is 5.96. The zero-order valence-corrected chi connectivity index (χ0v) is 12.7. The normalized spacial score (nSPS) is 10.5. The van der Waals surface area contributed by atoms with Gasteiger partial charge in [0, 0.05) is 24.4 Å². The standard InChI is InChI=1S/C17H13N3O4/c1-18-16(22)13-5-3-10-6-12(4-2-11(10)7-13)15(21)14-8-20(9-19-14)17(23)24/h2-9H,1H3,(H,18,22)(H,23,24). The lowest BCUT2D eigenvalue weighted by molar-refractivity contribution is 0.0962. The van der Waals surface area contributed by atoms with E-state index in [1.165, 1.54) is 6.20 Å². The van der Waals surface area contributed by atoms with Crippen molar-refractivity contribution in [2.75, 3.05) is 7.05 Å². The summed E-state index contributed by atoms with van der Waals surface area (Å²) < 4.78 is 0.823. The molecule has 1 amide bonds. The first-order chi connectivity index (χ1) is 11.5. The SMILES string of the molecule is CNC(=O)c1ccc2cc(C(=O)c3cn(C(=O)O)cn3)ccc2c1. The number of ketones is 1. The Morgan fingerprint density at radius 2 is 1.67 bits per heavy atom. The first-order valence-corrected chi connectivity index (χ1v) is 7.07. The Hall–Kier alpha value is -3.48. The van der Waals surface area contributed by atoms with Crippen molar-refractivity contribution in [1.29, 1.82) is 0 Å². The number of nitrogens with zero attached hydrogens (tertiary/aromatic N) is 2. The van der Waals surface area contributed by atoms with Crippen LogP contribution in [0, 0.1) is 0 Å². The Kier molecular flexibility index (Phi) is 3.83. The van der Waals surface area contributed by atoms with Gasteiger partial charge in [-0.2, -0.15) is 0 Å². The minimum atomic E-state index is -1.21. The van der Waals surface area contributed by atoms with Crippen LogP contribution in [0.25, 0.3) is 10.8 Å². The topological polar surface area (TPSA) is 101 Å². The molecule has 0 fully saturated rings. The first kappa shape index (κ1) is 15.4. The highest BCUT2D eigenvalue weighted by Gasteiger charge is 2.15. The van der Waals surface area contributed by atoms with E-state index in [2.05, 4.69) is 10.3 Å². The Morgan fingerprint density at radius 3 is 2.25 bits per heavy atom. The van der Waals surface area contributed by atoms with Gasteiger partial charge in [0.1, 0.15) is 12.0 Å². The maximum atomic E-state index is 12.4. The van der Waals surface area contributed by atoms with E-state index in [0.29, 0.717) is 11.1 Å². The second-order valence-corrected chi connectivity index (χ2v) is 5.13. The molecule has 3 rings (SSSR count). The molecular formula is C17H13N3O4. The predicted molar refractivity (Wildman–Crippen MR) is 86.4 cm³/mol. The van der Waals surface area contributed by atoms with Crippen LogP contribution in [0.4, 0.5) is 4.79 Å². The Bertz CT molecular complexity index is 975. The van der Waals surface area contributed by atoms with Gasteiger partial charge in [-0.25, -0.2) is 14.3 Å². The average molecular weight is 323 g/mol. The number of rotatable bonds is 3. The Labute approximate surface area is 136 Å². The van der Waals surface area contributed by atoms with Crippen LogP contribution in [0.3, 0.4) is 0 Å². The van der Waals surface area contributed by atoms with Crippen molar-refractivity contribution in [2.45, 2.75) is 0 Å². The summed E-state index contributed by atoms with van der Waals surface area (Å²) in [7, 11) is 1.56. The van der Waals surface area contributed by atoms with Gasteiger partial charge in [0.15, 0.2) is 0 Å². The Morgan fingerprint density at radius 1 is 1.04 bits per heavy atom. The summed E-state index contributed by atoms with van der Waals surface area (Å²) in [4.78, 5) is 38.7. The molecule has 7 heteroatoms. The summed E-state index contributed by atoms with van der Waals surface area (Å²) in [5, 5.41) is 13.0. The largest absolute Gasteiger partial charge is 0.464 e. The van der Waals surface area contributed by atoms with Gasteiger partial charge >= 0.3 is 6.09 Å². The van der Waals surface area contributed by atoms with E-state index in [1.54, 1.807) is 43.4 Å². The van der Waals surface area contributed by atoms with Crippen molar-refractivity contribution in [3.8, 4) is 0 Å². The number of benzene rings is 2. The summed E-state index contributed by atoms with van der Waals surface area (Å²) in [5.74, 6) is -0.552. The first-order valence-electron chi connectivity index (χ1n) is 7.07. The monoisotopic (exact) mass is 323 g/mol. The summed E-state index contributed by atoms with van der Waals surface area (Å²) >= 11 is 0. The molecule has 0 spiro atoms. The highest BCUT2D eigenvalue weighted by Crippen LogP contribution is 2.19. The van der Waals surface area contributed by atoms with Gasteiger partial charge in [0.05, 0.1) is 0 Å². The maximum Gasteiger partial charge on any atom is 0.416 e. The molecule has 0 saturated heterocycles. The molecule has 1 heterocycles. The minimum Gasteiger partial charge on any atom is -0.464 e. The van der Waals surface area contributed by atoms with Gasteiger partial charge in [-0.05, 0) is 29.0 Å². The number of hydrogen-bond donors (Lipinski definition) is 2. The molecule has 0 atom stereocenters. The van der Waals surface area contributed by atoms with Crippen LogP contribution in [0.2, 0.25) is 0 Å². The third kappa shape index (κ3) is 2.74. The van der Waals surface area contributed by atoms with E-state index < -0.39 is 6.09 Å². The zero-order valence-electron chi connectivity index (χ0n) is 12.7. The molecule has 1 aromatic heterocycles. The van der Waals surface area contributed by atoms with Crippen molar-refractivity contribution in [3.63, 3.8) is 0 Å². The van der Waals surface area contributed by atoms with E-state index in [1.807, 2.05) is 0 Å². The lowest BCUT2D eigenvalue weighted by Gasteiger charge is -2.04. The van der Waals surface area contributed by atoms with E-state index in [4.69, 9.17) is 5.11 Å². The predicted octanol–water partition coefficient (Wildman–Crippen LogP) is 2.15. The van der Waals surface area contributed by atoms with Crippen molar-refractivity contribution in [3.05, 3.63) is 65.7 Å². The molecule has 0 aliphatic rings. The number of carbonyl (C=O) groups excluding carboxylic acids is 2. The number of imidazole rings is 1. The van der Waals surface area contributed by atoms with E-state index in [0.717, 1.165) is 21.7 Å². The van der Waals surface area contributed by atoms with Crippen molar-refractivity contribution >= 4 is 28.6 Å². The quantitative estimate of drug-likeness (QED) is 0.719. The van der Waals surface area contributed by atoms with E-state index in [9.17, 15) is 14.4 Å². The smallest absolute Gasteiger partial charge is 0.416 e. The lowest BCUT2D eigenvalue weighted by atomic mass is 10.0. The second-order valence-electron chi connectivity index (χ2n) is 5.13. The van der Waals surface area contributed by atoms with Crippen molar-refractivity contribution in [1.82, 2.24) is 14.9 Å². The van der Waals surface area contributed by atoms with Crippen LogP contribution in [-0.2, 0) is 0 Å². The number of fused-ring (bicyclic) bond motifs is 1. The van der Waals surface area contributed by atoms with Crippen LogP contribution in [0.15, 0.2) is 48.9 Å². The summed E-state index contributed by atoms with van der Waals surface area (Å²) in [5.41, 5.74) is 0.980. The Balaban J connectivity index is 1.96. The van der Waals surface area contributed by atoms with Gasteiger partial charge in [0.2, 0.25) is 5.78 Å². The van der Waals surface area contributed by atoms with Crippen LogP contribution in [0.1, 0.15) is 26.4 Å². The van der Waals surface area contributed by atoms with Gasteiger partial charge in [-0.15, -0.1) is 0 Å². The zero-order chi connectivity index (χ0) is 17.3. The molecule has 0 saturated carbocycles. The molecule has 3 aromatic rings. The number of amides is 1. The van der Waals surface area contributed by atoms with Crippen LogP contribution >= 0.6 is 0 Å². The van der Waals surface area contributed by atoms with Gasteiger partial charge in [-0.1, -0.05) is 18.2 Å². The van der Waals surface area contributed by atoms with Crippen LogP contribution in [0.5, 0.6) is 0 Å². The summed E-state index contributed by atoms with van der Waals surface area (Å²) in [6.07, 6.45) is 1.04. The fourth-order valence-corrected chi connectivity index (χ4v) is 2.37. The van der Waals surface area contributed by atoms with Crippen molar-refractivity contribution < 1.29 is 19.5 Å². The number of aromatic nitrogens is 2. The molecule has 0 radical (unpaired) electrons. The van der Waals surface area contributed by atoms with E-state index >= 15 is 0 Å². The summed E-state index contributed by atoms with van der Waals surface area (Å²) in [6.45, 7) is 0. The van der Waals surface area contributed by atoms with Crippen molar-refractivity contribution in [2.24, 2.45) is 0 Å². The third-order valence-electron chi connectivity index (χ3n) is 3.63. The number of carbonyl (C=O) groups is 3. The third-order valence-corrected chi connectivity index (χ3v) is 3.63. The van der Waals surface area contributed by atoms with Crippen LogP contribution < -0.4 is 5.32 Å². The number of nitrogens with one attached hydrogen (secondary N) is 1. The fraction of sp³-hybridized carbons (Fsp3) is 0.0588. The molecule has 2 aromatic carbocycles. The molecule has 120 valence electrons. The lowest BCUT2D eigenvalue weighted by Crippen LogP contribution is -2.17. The van der Waals surface area contributed by atoms with Gasteiger partial charge in [-0.3, -0.25) is 9.59 Å². The molecule has 7 nitrogen and oxygen atoms in total. The highest BCUT2D eigenvalue weighted by molar-refractivity contribution is 6.10. The van der Waals surface area contributed by atoms with E-state index in [-0.39, 0.29) is 17.4 Å². The molecule has 0 bridgehead atoms. The molecule has 24 heavy (non-hydrogen) atoms. The number of hydrogen-bond acceptors (Lipinski definition) is 4. The number of carboxylic acid groups (broad SMARTS) is 1. The molecule has 0 aliphatic heterocycles. The molecule has 0 unspecified atom stereocenters. The van der Waals surface area contributed by atoms with Gasteiger partial charge < -0.3 is 10.4 Å².